The van der Waals surface area contributed by atoms with Crippen LogP contribution in [0.1, 0.15) is 36.2 Å². The van der Waals surface area contributed by atoms with Gasteiger partial charge in [0.05, 0.1) is 16.6 Å². The number of hydrogen-bond acceptors (Lipinski definition) is 4. The smallest absolute Gasteiger partial charge is 0.338 e. The van der Waals surface area contributed by atoms with Gasteiger partial charge in [0.1, 0.15) is 5.82 Å². The second-order valence-electron chi connectivity index (χ2n) is 8.50. The molecule has 1 aliphatic rings. The zero-order chi connectivity index (χ0) is 21.3. The molecule has 0 aliphatic carbocycles. The van der Waals surface area contributed by atoms with Gasteiger partial charge in [-0.25, -0.2) is 9.78 Å². The van der Waals surface area contributed by atoms with Gasteiger partial charge in [-0.15, -0.1) is 0 Å². The lowest BCUT2D eigenvalue weighted by atomic mass is 9.92. The molecule has 0 bridgehead atoms. The summed E-state index contributed by atoms with van der Waals surface area (Å²) in [4.78, 5) is 34.6. The highest BCUT2D eigenvalue weighted by molar-refractivity contribution is 5.95. The molecule has 3 aromatic rings. The Morgan fingerprint density at radius 1 is 1.10 bits per heavy atom. The number of carbonyl (C=O) groups excluding carboxylic acids is 2. The van der Waals surface area contributed by atoms with Crippen molar-refractivity contribution in [3.05, 3.63) is 53.6 Å². The van der Waals surface area contributed by atoms with Crippen LogP contribution < -0.4 is 0 Å². The Kier molecular flexibility index (Phi) is 5.57. The van der Waals surface area contributed by atoms with E-state index < -0.39 is 5.97 Å². The number of aryl methyl sites for hydroxylation is 1. The van der Waals surface area contributed by atoms with Crippen LogP contribution in [0.15, 0.2) is 42.5 Å². The van der Waals surface area contributed by atoms with Crippen molar-refractivity contribution in [3.8, 4) is 11.4 Å². The summed E-state index contributed by atoms with van der Waals surface area (Å²) in [5, 5.41) is 0. The lowest BCUT2D eigenvalue weighted by Gasteiger charge is -2.34. The Hall–Kier alpha value is -3.15. The summed E-state index contributed by atoms with van der Waals surface area (Å²) < 4.78 is 5.30. The van der Waals surface area contributed by atoms with Gasteiger partial charge in [-0.05, 0) is 43.4 Å². The van der Waals surface area contributed by atoms with Crippen LogP contribution in [0.25, 0.3) is 22.4 Å². The van der Waals surface area contributed by atoms with Gasteiger partial charge in [0, 0.05) is 18.7 Å². The molecule has 1 fully saturated rings. The first-order valence-corrected chi connectivity index (χ1v) is 10.4. The van der Waals surface area contributed by atoms with E-state index in [-0.39, 0.29) is 12.5 Å². The Balaban J connectivity index is 1.43. The van der Waals surface area contributed by atoms with Crippen LogP contribution in [0, 0.1) is 18.8 Å². The number of ether oxygens (including phenoxy) is 1. The molecule has 4 rings (SSSR count). The molecule has 1 aliphatic heterocycles. The van der Waals surface area contributed by atoms with Crippen molar-refractivity contribution in [2.45, 2.75) is 27.2 Å². The van der Waals surface area contributed by atoms with Crippen LogP contribution in [0.3, 0.4) is 0 Å². The van der Waals surface area contributed by atoms with E-state index in [1.165, 1.54) is 5.56 Å². The van der Waals surface area contributed by atoms with Gasteiger partial charge in [0.25, 0.3) is 5.91 Å². The normalized spacial score (nSPS) is 19.1. The van der Waals surface area contributed by atoms with Crippen LogP contribution in [-0.2, 0) is 9.53 Å². The number of esters is 1. The average Bonchev–Trinajstić information content (AvgIpc) is 3.14. The summed E-state index contributed by atoms with van der Waals surface area (Å²) >= 11 is 0. The minimum absolute atomic E-state index is 0.133. The van der Waals surface area contributed by atoms with Gasteiger partial charge in [-0.2, -0.15) is 0 Å². The Bertz CT molecular complexity index is 1060. The zero-order valence-corrected chi connectivity index (χ0v) is 17.6. The number of piperidine rings is 1. The Morgan fingerprint density at radius 2 is 1.80 bits per heavy atom. The van der Waals surface area contributed by atoms with Gasteiger partial charge in [-0.1, -0.05) is 43.7 Å². The summed E-state index contributed by atoms with van der Waals surface area (Å²) in [5.41, 5.74) is 4.09. The molecule has 1 N–H and O–H groups in total. The zero-order valence-electron chi connectivity index (χ0n) is 17.6. The Labute approximate surface area is 176 Å². The van der Waals surface area contributed by atoms with E-state index in [1.807, 2.05) is 31.2 Å². The van der Waals surface area contributed by atoms with E-state index in [0.29, 0.717) is 17.4 Å². The lowest BCUT2D eigenvalue weighted by Crippen LogP contribution is -2.44. The largest absolute Gasteiger partial charge is 0.452 e. The van der Waals surface area contributed by atoms with E-state index in [0.717, 1.165) is 41.9 Å². The second kappa shape index (κ2) is 8.30. The number of nitrogens with one attached hydrogen (secondary N) is 1. The summed E-state index contributed by atoms with van der Waals surface area (Å²) in [7, 11) is 0. The first kappa shape index (κ1) is 20.1. The number of aromatic nitrogens is 2. The van der Waals surface area contributed by atoms with Crippen LogP contribution in [0.2, 0.25) is 0 Å². The van der Waals surface area contributed by atoms with Gasteiger partial charge in [0.15, 0.2) is 6.61 Å². The quantitative estimate of drug-likeness (QED) is 0.660. The predicted octanol–water partition coefficient (Wildman–Crippen LogP) is 4.20. The minimum Gasteiger partial charge on any atom is -0.452 e. The summed E-state index contributed by atoms with van der Waals surface area (Å²) in [6.45, 7) is 7.55. The first-order chi connectivity index (χ1) is 14.4. The van der Waals surface area contributed by atoms with Crippen LogP contribution in [-0.4, -0.2) is 46.4 Å². The van der Waals surface area contributed by atoms with Gasteiger partial charge < -0.3 is 14.6 Å². The molecular formula is C24H27N3O3. The fraction of sp³-hybridized carbons (Fsp3) is 0.375. The van der Waals surface area contributed by atoms with E-state index in [2.05, 4.69) is 23.8 Å². The first-order valence-electron chi connectivity index (χ1n) is 10.4. The van der Waals surface area contributed by atoms with E-state index in [4.69, 9.17) is 4.74 Å². The Morgan fingerprint density at radius 3 is 2.50 bits per heavy atom. The standard InChI is InChI=1S/C24H27N3O3/c1-15-4-6-18(7-5-15)23-25-20-9-8-19(11-21(20)26-23)24(29)30-14-22(28)27-12-16(2)10-17(3)13-27/h4-9,11,16-17H,10,12-14H2,1-3H3,(H,25,26). The molecule has 6 nitrogen and oxygen atoms in total. The van der Waals surface area contributed by atoms with Gasteiger partial charge in [-0.3, -0.25) is 4.79 Å². The molecule has 30 heavy (non-hydrogen) atoms. The number of benzene rings is 2. The van der Waals surface area contributed by atoms with Crippen molar-refractivity contribution in [2.24, 2.45) is 11.8 Å². The molecular weight excluding hydrogens is 378 g/mol. The maximum Gasteiger partial charge on any atom is 0.338 e. The molecule has 0 spiro atoms. The third-order valence-corrected chi connectivity index (χ3v) is 5.59. The molecule has 2 unspecified atom stereocenters. The van der Waals surface area contributed by atoms with Gasteiger partial charge >= 0.3 is 5.97 Å². The monoisotopic (exact) mass is 405 g/mol. The van der Waals surface area contributed by atoms with E-state index in [9.17, 15) is 9.59 Å². The highest BCUT2D eigenvalue weighted by Gasteiger charge is 2.26. The lowest BCUT2D eigenvalue weighted by molar-refractivity contribution is -0.137. The highest BCUT2D eigenvalue weighted by Crippen LogP contribution is 2.23. The number of fused-ring (bicyclic) bond motifs is 1. The second-order valence-corrected chi connectivity index (χ2v) is 8.50. The van der Waals surface area contributed by atoms with Crippen LogP contribution in [0.4, 0.5) is 0 Å². The van der Waals surface area contributed by atoms with Crippen LogP contribution in [0.5, 0.6) is 0 Å². The molecule has 6 heteroatoms. The molecule has 2 aromatic carbocycles. The number of likely N-dealkylation sites (tertiary alicyclic amines) is 1. The fourth-order valence-corrected chi connectivity index (χ4v) is 4.15. The van der Waals surface area contributed by atoms with E-state index >= 15 is 0 Å². The third kappa shape index (κ3) is 4.37. The summed E-state index contributed by atoms with van der Waals surface area (Å²) in [5.74, 6) is 1.05. The maximum atomic E-state index is 12.5. The third-order valence-electron chi connectivity index (χ3n) is 5.59. The molecule has 0 radical (unpaired) electrons. The molecule has 1 saturated heterocycles. The van der Waals surface area contributed by atoms with Crippen LogP contribution >= 0.6 is 0 Å². The SMILES string of the molecule is Cc1ccc(-c2nc3ccc(C(=O)OCC(=O)N4CC(C)CC(C)C4)cc3[nH]2)cc1. The molecule has 156 valence electrons. The number of carbonyl (C=O) groups is 2. The number of imidazole rings is 1. The van der Waals surface area contributed by atoms with Crippen molar-refractivity contribution in [1.82, 2.24) is 14.9 Å². The highest BCUT2D eigenvalue weighted by atomic mass is 16.5. The number of amides is 1. The summed E-state index contributed by atoms with van der Waals surface area (Å²) in [6, 6.07) is 13.3. The number of rotatable bonds is 4. The topological polar surface area (TPSA) is 75.3 Å². The number of hydrogen-bond donors (Lipinski definition) is 1. The van der Waals surface area contributed by atoms with Crippen molar-refractivity contribution in [2.75, 3.05) is 19.7 Å². The van der Waals surface area contributed by atoms with Crippen molar-refractivity contribution >= 4 is 22.9 Å². The van der Waals surface area contributed by atoms with Crippen molar-refractivity contribution < 1.29 is 14.3 Å². The number of nitrogens with zero attached hydrogens (tertiary/aromatic N) is 2. The maximum absolute atomic E-state index is 12.5. The van der Waals surface area contributed by atoms with E-state index in [1.54, 1.807) is 23.1 Å². The van der Waals surface area contributed by atoms with Crippen molar-refractivity contribution in [3.63, 3.8) is 0 Å². The fourth-order valence-electron chi connectivity index (χ4n) is 4.15. The summed E-state index contributed by atoms with van der Waals surface area (Å²) in [6.07, 6.45) is 1.12. The number of aromatic amines is 1. The molecule has 0 saturated carbocycles. The van der Waals surface area contributed by atoms with Crippen molar-refractivity contribution in [1.29, 1.82) is 0 Å². The molecule has 2 heterocycles. The molecule has 1 aromatic heterocycles. The molecule has 2 atom stereocenters. The van der Waals surface area contributed by atoms with Gasteiger partial charge in [0.2, 0.25) is 0 Å². The average molecular weight is 405 g/mol. The predicted molar refractivity (Wildman–Crippen MR) is 116 cm³/mol. The molecule has 1 amide bonds. The number of H-pyrrole nitrogens is 1. The minimum atomic E-state index is -0.505.